The molecule has 0 saturated heterocycles. The molecule has 0 saturated carbocycles. The number of aromatic nitrogens is 1. The van der Waals surface area contributed by atoms with E-state index in [1.165, 1.54) is 36.4 Å². The Morgan fingerprint density at radius 3 is 2.54 bits per heavy atom. The molecule has 0 spiro atoms. The summed E-state index contributed by atoms with van der Waals surface area (Å²) in [5.41, 5.74) is 1.95. The third-order valence-electron chi connectivity index (χ3n) is 5.22. The molecule has 0 bridgehead atoms. The molecule has 1 atom stereocenters. The van der Waals surface area contributed by atoms with Crippen LogP contribution in [0.5, 0.6) is 5.75 Å². The van der Waals surface area contributed by atoms with Gasteiger partial charge in [0.25, 0.3) is 10.0 Å². The van der Waals surface area contributed by atoms with Crippen molar-refractivity contribution in [1.29, 1.82) is 0 Å². The van der Waals surface area contributed by atoms with Crippen LogP contribution in [0.15, 0.2) is 71.1 Å². The van der Waals surface area contributed by atoms with Crippen molar-refractivity contribution in [2.45, 2.75) is 29.5 Å². The van der Waals surface area contributed by atoms with Crippen LogP contribution in [-0.4, -0.2) is 42.4 Å². The first-order chi connectivity index (χ1) is 16.5. The first-order valence-electron chi connectivity index (χ1n) is 10.3. The molecule has 3 aromatic rings. The lowest BCUT2D eigenvalue weighted by Crippen LogP contribution is -2.40. The van der Waals surface area contributed by atoms with Crippen LogP contribution in [0.25, 0.3) is 11.1 Å². The summed E-state index contributed by atoms with van der Waals surface area (Å²) in [4.78, 5) is 17.2. The molecular weight excluding hydrogens is 525 g/mol. The van der Waals surface area contributed by atoms with Gasteiger partial charge in [0.15, 0.2) is 5.78 Å². The minimum absolute atomic E-state index is 0.0566. The average molecular weight is 543 g/mol. The van der Waals surface area contributed by atoms with Gasteiger partial charge in [-0.25, -0.2) is 8.42 Å². The van der Waals surface area contributed by atoms with Crippen LogP contribution in [0, 0.1) is 0 Å². The molecular formula is C23H18ClF3N2O4S2. The fourth-order valence-corrected chi connectivity index (χ4v) is 6.75. The molecule has 4 rings (SSSR count). The Labute approximate surface area is 208 Å². The molecule has 0 amide bonds. The Bertz CT molecular complexity index is 1360. The van der Waals surface area contributed by atoms with E-state index in [2.05, 4.69) is 9.72 Å². The second-order valence-corrected chi connectivity index (χ2v) is 11.4. The van der Waals surface area contributed by atoms with Gasteiger partial charge in [0, 0.05) is 24.9 Å². The number of carbonyl (C=O) groups is 1. The molecule has 1 aliphatic heterocycles. The summed E-state index contributed by atoms with van der Waals surface area (Å²) < 4.78 is 68.4. The van der Waals surface area contributed by atoms with Crippen molar-refractivity contribution in [2.75, 3.05) is 6.54 Å². The van der Waals surface area contributed by atoms with E-state index in [0.717, 1.165) is 15.6 Å². The van der Waals surface area contributed by atoms with E-state index in [1.807, 2.05) is 0 Å². The van der Waals surface area contributed by atoms with Crippen LogP contribution in [0.2, 0.25) is 4.34 Å². The van der Waals surface area contributed by atoms with Gasteiger partial charge in [-0.05, 0) is 53.9 Å². The standard InChI is InChI=1S/C23H18ClF3N2O4S2/c24-21-9-10-22(34-21)35(31,32)29-13-1-2-19(29)20(30)8-5-17-14-16(11-12-28-17)15-3-6-18(7-4-15)33-23(25,26)27/h1-4,6-7,9-12,14,19H,5,8,13H2/t19-/m0/s1. The fraction of sp³-hybridized carbons (Fsp3) is 0.217. The molecule has 1 aromatic carbocycles. The number of nitrogens with zero attached hydrogens (tertiary/aromatic N) is 2. The van der Waals surface area contributed by atoms with E-state index in [4.69, 9.17) is 11.6 Å². The minimum Gasteiger partial charge on any atom is -0.406 e. The molecule has 2 aromatic heterocycles. The van der Waals surface area contributed by atoms with Crippen LogP contribution in [-0.2, 0) is 21.2 Å². The van der Waals surface area contributed by atoms with Gasteiger partial charge in [-0.15, -0.1) is 24.5 Å². The number of halogens is 4. The molecule has 6 nitrogen and oxygen atoms in total. The summed E-state index contributed by atoms with van der Waals surface area (Å²) in [7, 11) is -3.87. The lowest BCUT2D eigenvalue weighted by atomic mass is 10.0. The van der Waals surface area contributed by atoms with Crippen molar-refractivity contribution in [3.05, 3.63) is 76.9 Å². The molecule has 35 heavy (non-hydrogen) atoms. The van der Waals surface area contributed by atoms with Crippen molar-refractivity contribution in [1.82, 2.24) is 9.29 Å². The van der Waals surface area contributed by atoms with Gasteiger partial charge in [0.1, 0.15) is 16.0 Å². The van der Waals surface area contributed by atoms with Crippen molar-refractivity contribution in [3.63, 3.8) is 0 Å². The number of Topliss-reactive ketones (excluding diaryl/α,β-unsaturated/α-hetero) is 1. The van der Waals surface area contributed by atoms with E-state index in [-0.39, 0.29) is 35.1 Å². The fourth-order valence-electron chi connectivity index (χ4n) is 3.61. The van der Waals surface area contributed by atoms with Crippen molar-refractivity contribution in [2.24, 2.45) is 0 Å². The average Bonchev–Trinajstić information content (AvgIpc) is 3.47. The molecule has 3 heterocycles. The Morgan fingerprint density at radius 1 is 1.14 bits per heavy atom. The van der Waals surface area contributed by atoms with E-state index >= 15 is 0 Å². The van der Waals surface area contributed by atoms with Gasteiger partial charge in [-0.1, -0.05) is 35.9 Å². The number of sulfonamides is 1. The Hall–Kier alpha value is -2.73. The monoisotopic (exact) mass is 542 g/mol. The minimum atomic E-state index is -4.77. The topological polar surface area (TPSA) is 76.6 Å². The lowest BCUT2D eigenvalue weighted by molar-refractivity contribution is -0.274. The number of hydrogen-bond acceptors (Lipinski definition) is 6. The second-order valence-electron chi connectivity index (χ2n) is 7.58. The van der Waals surface area contributed by atoms with Crippen LogP contribution < -0.4 is 4.74 Å². The largest absolute Gasteiger partial charge is 0.573 e. The summed E-state index contributed by atoms with van der Waals surface area (Å²) in [6.07, 6.45) is 0.316. The smallest absolute Gasteiger partial charge is 0.406 e. The Balaban J connectivity index is 1.42. The highest BCUT2D eigenvalue weighted by atomic mass is 35.5. The third kappa shape index (κ3) is 6.10. The molecule has 0 radical (unpaired) electrons. The van der Waals surface area contributed by atoms with Crippen LogP contribution >= 0.6 is 22.9 Å². The second kappa shape index (κ2) is 10.1. The van der Waals surface area contributed by atoms with Gasteiger partial charge in [-0.3, -0.25) is 9.78 Å². The highest BCUT2D eigenvalue weighted by Gasteiger charge is 2.37. The van der Waals surface area contributed by atoms with Gasteiger partial charge in [-0.2, -0.15) is 4.31 Å². The van der Waals surface area contributed by atoms with Gasteiger partial charge >= 0.3 is 6.36 Å². The quantitative estimate of drug-likeness (QED) is 0.352. The van der Waals surface area contributed by atoms with Crippen LogP contribution in [0.4, 0.5) is 13.2 Å². The molecule has 1 aliphatic rings. The number of thiophene rings is 1. The number of benzene rings is 1. The lowest BCUT2D eigenvalue weighted by Gasteiger charge is -2.22. The number of alkyl halides is 3. The summed E-state index contributed by atoms with van der Waals surface area (Å²) in [5.74, 6) is -0.596. The van der Waals surface area contributed by atoms with Crippen LogP contribution in [0.3, 0.4) is 0 Å². The number of hydrogen-bond donors (Lipinski definition) is 0. The van der Waals surface area contributed by atoms with E-state index < -0.39 is 22.4 Å². The predicted molar refractivity (Wildman–Crippen MR) is 126 cm³/mol. The predicted octanol–water partition coefficient (Wildman–Crippen LogP) is 5.49. The van der Waals surface area contributed by atoms with Gasteiger partial charge in [0.05, 0.1) is 4.34 Å². The number of pyridine rings is 1. The number of ketones is 1. The molecule has 0 unspecified atom stereocenters. The number of ether oxygens (including phenoxy) is 1. The molecule has 12 heteroatoms. The zero-order valence-electron chi connectivity index (χ0n) is 17.9. The number of aryl methyl sites for hydroxylation is 1. The SMILES string of the molecule is O=C(CCc1cc(-c2ccc(OC(F)(F)F)cc2)ccn1)[C@@H]1C=CCN1S(=O)(=O)c1ccc(Cl)s1. The summed E-state index contributed by atoms with van der Waals surface area (Å²) in [6, 6.07) is 10.9. The summed E-state index contributed by atoms with van der Waals surface area (Å²) in [5, 5.41) is 0. The van der Waals surface area contributed by atoms with Crippen molar-refractivity contribution in [3.8, 4) is 16.9 Å². The summed E-state index contributed by atoms with van der Waals surface area (Å²) in [6.45, 7) is 0.0933. The molecule has 0 aliphatic carbocycles. The van der Waals surface area contributed by atoms with E-state index in [0.29, 0.717) is 21.2 Å². The van der Waals surface area contributed by atoms with E-state index in [9.17, 15) is 26.4 Å². The zero-order chi connectivity index (χ0) is 25.2. The molecule has 184 valence electrons. The van der Waals surface area contributed by atoms with E-state index in [1.54, 1.807) is 30.5 Å². The van der Waals surface area contributed by atoms with Gasteiger partial charge < -0.3 is 4.74 Å². The maximum absolute atomic E-state index is 12.9. The Morgan fingerprint density at radius 2 is 1.89 bits per heavy atom. The van der Waals surface area contributed by atoms with Gasteiger partial charge in [0.2, 0.25) is 0 Å². The maximum Gasteiger partial charge on any atom is 0.573 e. The highest BCUT2D eigenvalue weighted by molar-refractivity contribution is 7.91. The van der Waals surface area contributed by atoms with Crippen molar-refractivity contribution >= 4 is 38.7 Å². The number of carbonyl (C=O) groups excluding carboxylic acids is 1. The molecule has 0 fully saturated rings. The Kier molecular flexibility index (Phi) is 7.32. The third-order valence-corrected chi connectivity index (χ3v) is 8.77. The summed E-state index contributed by atoms with van der Waals surface area (Å²) >= 11 is 6.81. The first-order valence-corrected chi connectivity index (χ1v) is 12.9. The highest BCUT2D eigenvalue weighted by Crippen LogP contribution is 2.31. The molecule has 0 N–H and O–H groups in total. The zero-order valence-corrected chi connectivity index (χ0v) is 20.3. The number of rotatable bonds is 8. The normalized spacial score (nSPS) is 16.5. The van der Waals surface area contributed by atoms with Crippen LogP contribution in [0.1, 0.15) is 12.1 Å². The first kappa shape index (κ1) is 25.4. The van der Waals surface area contributed by atoms with Crippen molar-refractivity contribution < 1.29 is 31.1 Å². The maximum atomic E-state index is 12.9.